The molecule has 1 amide bonds. The lowest BCUT2D eigenvalue weighted by Crippen LogP contribution is -2.38. The van der Waals surface area contributed by atoms with Gasteiger partial charge in [-0.25, -0.2) is 9.78 Å². The Morgan fingerprint density at radius 3 is 2.87 bits per heavy atom. The molecule has 0 spiro atoms. The summed E-state index contributed by atoms with van der Waals surface area (Å²) >= 11 is 1.31. The number of H-pyrrole nitrogens is 1. The first-order valence-corrected chi connectivity index (χ1v) is 10.1. The van der Waals surface area contributed by atoms with Crippen LogP contribution < -0.4 is 10.6 Å². The minimum absolute atomic E-state index is 0.0445. The van der Waals surface area contributed by atoms with Gasteiger partial charge in [-0.2, -0.15) is 0 Å². The van der Waals surface area contributed by atoms with Crippen molar-refractivity contribution < 1.29 is 19.4 Å². The number of amides is 1. The monoisotopic (exact) mass is 422 g/mol. The van der Waals surface area contributed by atoms with E-state index in [1.807, 2.05) is 37.3 Å². The maximum absolute atomic E-state index is 13.0. The van der Waals surface area contributed by atoms with Crippen molar-refractivity contribution in [1.29, 1.82) is 0 Å². The van der Waals surface area contributed by atoms with Crippen LogP contribution in [0.2, 0.25) is 0 Å². The van der Waals surface area contributed by atoms with Crippen LogP contribution in [0.5, 0.6) is 0 Å². The highest BCUT2D eigenvalue weighted by atomic mass is 32.1. The van der Waals surface area contributed by atoms with Crippen LogP contribution in [0.25, 0.3) is 21.1 Å². The SMILES string of the molecule is COCc1cc(C)nc2sc3c(c12)N[C@H](c1c(C(=O)O)[nH]c2ccccc12)NC3=O. The highest BCUT2D eigenvalue weighted by Gasteiger charge is 2.34. The molecule has 0 unspecified atom stereocenters. The number of aryl methyl sites for hydroxylation is 1. The number of nitrogens with zero attached hydrogens (tertiary/aromatic N) is 1. The summed E-state index contributed by atoms with van der Waals surface area (Å²) in [6.45, 7) is 2.28. The second-order valence-electron chi connectivity index (χ2n) is 7.16. The average Bonchev–Trinajstić information content (AvgIpc) is 3.27. The van der Waals surface area contributed by atoms with Gasteiger partial charge in [-0.3, -0.25) is 4.79 Å². The third-order valence-electron chi connectivity index (χ3n) is 5.19. The maximum Gasteiger partial charge on any atom is 0.352 e. The van der Waals surface area contributed by atoms with Gasteiger partial charge < -0.3 is 25.5 Å². The zero-order valence-corrected chi connectivity index (χ0v) is 17.0. The molecule has 4 N–H and O–H groups in total. The number of carboxylic acids is 1. The van der Waals surface area contributed by atoms with Crippen molar-refractivity contribution in [2.24, 2.45) is 0 Å². The van der Waals surface area contributed by atoms with Crippen LogP contribution in [0.1, 0.15) is 43.1 Å². The first-order chi connectivity index (χ1) is 14.5. The molecule has 9 heteroatoms. The molecule has 5 rings (SSSR count). The van der Waals surface area contributed by atoms with Gasteiger partial charge >= 0.3 is 5.97 Å². The number of para-hydroxylation sites is 1. The molecule has 152 valence electrons. The standard InChI is InChI=1S/C21H18N4O4S/c1-9-7-10(8-29-2)13-15-17(30-20(13)22-9)19(26)25-18(24-15)14-11-5-3-4-6-12(11)23-16(14)21(27)28/h3-7,18,23-24H,8H2,1-2H3,(H,25,26)(H,27,28)/t18-/m0/s1. The van der Waals surface area contributed by atoms with Gasteiger partial charge in [0.15, 0.2) is 0 Å². The number of thiophene rings is 1. The Bertz CT molecular complexity index is 1340. The number of rotatable bonds is 4. The third-order valence-corrected chi connectivity index (χ3v) is 6.27. The molecular formula is C21H18N4O4S. The minimum atomic E-state index is -1.09. The molecule has 1 aromatic carbocycles. The zero-order chi connectivity index (χ0) is 21.0. The number of anilines is 1. The number of carboxylic acid groups (broad SMARTS) is 1. The van der Waals surface area contributed by atoms with Gasteiger partial charge in [-0.05, 0) is 24.6 Å². The summed E-state index contributed by atoms with van der Waals surface area (Å²) in [7, 11) is 1.62. The Morgan fingerprint density at radius 2 is 2.10 bits per heavy atom. The summed E-state index contributed by atoms with van der Waals surface area (Å²) in [5, 5.41) is 17.6. The normalized spacial score (nSPS) is 15.8. The van der Waals surface area contributed by atoms with E-state index >= 15 is 0 Å². The van der Waals surface area contributed by atoms with Crippen LogP contribution in [0, 0.1) is 6.92 Å². The third kappa shape index (κ3) is 2.74. The fourth-order valence-electron chi connectivity index (χ4n) is 4.03. The number of pyridine rings is 1. The molecule has 0 saturated carbocycles. The topological polar surface area (TPSA) is 116 Å². The second-order valence-corrected chi connectivity index (χ2v) is 8.16. The molecule has 0 bridgehead atoms. The lowest BCUT2D eigenvalue weighted by molar-refractivity contribution is 0.0688. The molecule has 1 atom stereocenters. The number of carbonyl (C=O) groups excluding carboxylic acids is 1. The predicted molar refractivity (Wildman–Crippen MR) is 114 cm³/mol. The summed E-state index contributed by atoms with van der Waals surface area (Å²) in [4.78, 5) is 33.7. The van der Waals surface area contributed by atoms with E-state index in [4.69, 9.17) is 4.74 Å². The largest absolute Gasteiger partial charge is 0.477 e. The molecule has 0 aliphatic carbocycles. The number of aromatic nitrogens is 2. The number of hydrogen-bond donors (Lipinski definition) is 4. The molecule has 4 aromatic rings. The van der Waals surface area contributed by atoms with Gasteiger partial charge in [0, 0.05) is 34.7 Å². The van der Waals surface area contributed by atoms with Crippen molar-refractivity contribution in [3.8, 4) is 0 Å². The molecule has 30 heavy (non-hydrogen) atoms. The fraction of sp³-hybridized carbons (Fsp3) is 0.190. The number of aromatic amines is 1. The van der Waals surface area contributed by atoms with Crippen LogP contribution in [0.15, 0.2) is 30.3 Å². The number of methoxy groups -OCH3 is 1. The number of fused-ring (bicyclic) bond motifs is 4. The molecule has 0 saturated heterocycles. The van der Waals surface area contributed by atoms with Gasteiger partial charge in [-0.15, -0.1) is 11.3 Å². The van der Waals surface area contributed by atoms with Crippen molar-refractivity contribution in [3.63, 3.8) is 0 Å². The van der Waals surface area contributed by atoms with Crippen molar-refractivity contribution >= 4 is 50.0 Å². The van der Waals surface area contributed by atoms with E-state index in [1.165, 1.54) is 11.3 Å². The number of carbonyl (C=O) groups is 2. The number of ether oxygens (including phenoxy) is 1. The Labute approximate surface area is 174 Å². The van der Waals surface area contributed by atoms with E-state index in [-0.39, 0.29) is 11.6 Å². The van der Waals surface area contributed by atoms with Gasteiger partial charge in [0.05, 0.1) is 12.3 Å². The van der Waals surface area contributed by atoms with E-state index in [0.29, 0.717) is 28.3 Å². The second kappa shape index (κ2) is 6.82. The van der Waals surface area contributed by atoms with Crippen LogP contribution in [-0.4, -0.2) is 34.1 Å². The highest BCUT2D eigenvalue weighted by Crippen LogP contribution is 2.42. The van der Waals surface area contributed by atoms with Crippen LogP contribution in [-0.2, 0) is 11.3 Å². The number of hydrogen-bond acceptors (Lipinski definition) is 6. The van der Waals surface area contributed by atoms with Crippen molar-refractivity contribution in [2.75, 3.05) is 12.4 Å². The van der Waals surface area contributed by atoms with Gasteiger partial charge in [0.2, 0.25) is 0 Å². The van der Waals surface area contributed by atoms with E-state index in [1.54, 1.807) is 7.11 Å². The molecule has 8 nitrogen and oxygen atoms in total. The Kier molecular flexibility index (Phi) is 4.23. The fourth-order valence-corrected chi connectivity index (χ4v) is 5.17. The molecule has 1 aliphatic heterocycles. The van der Waals surface area contributed by atoms with E-state index in [9.17, 15) is 14.7 Å². The van der Waals surface area contributed by atoms with Gasteiger partial charge in [-0.1, -0.05) is 18.2 Å². The summed E-state index contributed by atoms with van der Waals surface area (Å²) in [6.07, 6.45) is -0.707. The van der Waals surface area contributed by atoms with Gasteiger partial charge in [0.1, 0.15) is 21.6 Å². The Hall–Kier alpha value is -3.43. The first-order valence-electron chi connectivity index (χ1n) is 9.31. The van der Waals surface area contributed by atoms with Crippen molar-refractivity contribution in [2.45, 2.75) is 19.7 Å². The zero-order valence-electron chi connectivity index (χ0n) is 16.2. The first kappa shape index (κ1) is 18.6. The van der Waals surface area contributed by atoms with Crippen LogP contribution in [0.3, 0.4) is 0 Å². The summed E-state index contributed by atoms with van der Waals surface area (Å²) < 4.78 is 5.35. The molecule has 3 aromatic heterocycles. The predicted octanol–water partition coefficient (Wildman–Crippen LogP) is 3.78. The Balaban J connectivity index is 1.71. The summed E-state index contributed by atoms with van der Waals surface area (Å²) in [6, 6.07) is 9.26. The minimum Gasteiger partial charge on any atom is -0.477 e. The average molecular weight is 422 g/mol. The van der Waals surface area contributed by atoms with Crippen LogP contribution >= 0.6 is 11.3 Å². The maximum atomic E-state index is 13.0. The van der Waals surface area contributed by atoms with Gasteiger partial charge in [0.25, 0.3) is 5.91 Å². The molecule has 0 fully saturated rings. The smallest absolute Gasteiger partial charge is 0.352 e. The summed E-state index contributed by atoms with van der Waals surface area (Å²) in [5.74, 6) is -1.35. The highest BCUT2D eigenvalue weighted by molar-refractivity contribution is 7.21. The number of nitrogens with one attached hydrogen (secondary N) is 3. The van der Waals surface area contributed by atoms with E-state index < -0.39 is 12.1 Å². The molecule has 0 radical (unpaired) electrons. The molecular weight excluding hydrogens is 404 g/mol. The van der Waals surface area contributed by atoms with Crippen LogP contribution in [0.4, 0.5) is 5.69 Å². The quantitative estimate of drug-likeness (QED) is 0.398. The van der Waals surface area contributed by atoms with Crippen molar-refractivity contribution in [1.82, 2.24) is 15.3 Å². The number of aromatic carboxylic acids is 1. The van der Waals surface area contributed by atoms with E-state index in [2.05, 4.69) is 20.6 Å². The summed E-state index contributed by atoms with van der Waals surface area (Å²) in [5.41, 5.74) is 3.66. The molecule has 1 aliphatic rings. The van der Waals surface area contributed by atoms with E-state index in [0.717, 1.165) is 26.9 Å². The molecule has 4 heterocycles. The lowest BCUT2D eigenvalue weighted by atomic mass is 10.0. The Morgan fingerprint density at radius 1 is 1.30 bits per heavy atom. The lowest BCUT2D eigenvalue weighted by Gasteiger charge is -2.27. The van der Waals surface area contributed by atoms with Crippen molar-refractivity contribution in [3.05, 3.63) is 57.7 Å². The number of benzene rings is 1.